The molecule has 0 saturated carbocycles. The van der Waals surface area contributed by atoms with Gasteiger partial charge in [-0.15, -0.1) is 0 Å². The van der Waals surface area contributed by atoms with Crippen molar-refractivity contribution in [1.29, 1.82) is 0 Å². The van der Waals surface area contributed by atoms with Crippen molar-refractivity contribution in [3.8, 4) is 5.69 Å². The highest BCUT2D eigenvalue weighted by Gasteiger charge is 2.24. The predicted octanol–water partition coefficient (Wildman–Crippen LogP) is 8.48. The van der Waals surface area contributed by atoms with Crippen LogP contribution in [-0.4, -0.2) is 18.3 Å². The number of hydrogen-bond acceptors (Lipinski definition) is 3. The Kier molecular flexibility index (Phi) is 5.00. The van der Waals surface area contributed by atoms with Crippen LogP contribution < -0.4 is 9.80 Å². The summed E-state index contributed by atoms with van der Waals surface area (Å²) in [6.45, 7) is 0.858. The van der Waals surface area contributed by atoms with Gasteiger partial charge in [0, 0.05) is 39.0 Å². The van der Waals surface area contributed by atoms with E-state index < -0.39 is 0 Å². The van der Waals surface area contributed by atoms with E-state index in [9.17, 15) is 0 Å². The molecule has 36 heavy (non-hydrogen) atoms. The van der Waals surface area contributed by atoms with E-state index >= 15 is 0 Å². The van der Waals surface area contributed by atoms with Gasteiger partial charge in [0.2, 0.25) is 0 Å². The number of nitrogens with zero attached hydrogens (tertiary/aromatic N) is 3. The molecular weight excluding hydrogens is 458 g/mol. The van der Waals surface area contributed by atoms with Crippen LogP contribution in [0.15, 0.2) is 131 Å². The molecule has 0 bridgehead atoms. The van der Waals surface area contributed by atoms with Crippen LogP contribution in [0.25, 0.3) is 27.5 Å². The molecule has 1 aliphatic heterocycles. The van der Waals surface area contributed by atoms with Crippen molar-refractivity contribution < 1.29 is 0 Å². The summed E-state index contributed by atoms with van der Waals surface area (Å²) in [6.07, 6.45) is 0. The van der Waals surface area contributed by atoms with Crippen LogP contribution in [0.4, 0.5) is 17.1 Å². The van der Waals surface area contributed by atoms with Crippen molar-refractivity contribution in [3.63, 3.8) is 0 Å². The SMILES string of the molecule is CN1CN(c2cccc(Sc3ccc4c5ccccc5n(-c5ccccc5)c4c3)c2)c2ccccc21. The van der Waals surface area contributed by atoms with E-state index in [0.29, 0.717) is 0 Å². The van der Waals surface area contributed by atoms with Crippen molar-refractivity contribution in [2.45, 2.75) is 9.79 Å². The Morgan fingerprint density at radius 2 is 1.25 bits per heavy atom. The topological polar surface area (TPSA) is 11.4 Å². The molecule has 0 N–H and O–H groups in total. The Morgan fingerprint density at radius 1 is 0.556 bits per heavy atom. The maximum Gasteiger partial charge on any atom is 0.0950 e. The third-order valence-electron chi connectivity index (χ3n) is 6.96. The fourth-order valence-electron chi connectivity index (χ4n) is 5.32. The second-order valence-electron chi connectivity index (χ2n) is 9.22. The van der Waals surface area contributed by atoms with Gasteiger partial charge in [0.15, 0.2) is 0 Å². The van der Waals surface area contributed by atoms with Crippen molar-refractivity contribution in [3.05, 3.63) is 121 Å². The van der Waals surface area contributed by atoms with Gasteiger partial charge in [-0.1, -0.05) is 72.4 Å². The maximum absolute atomic E-state index is 2.38. The third-order valence-corrected chi connectivity index (χ3v) is 7.94. The van der Waals surface area contributed by atoms with Gasteiger partial charge in [-0.05, 0) is 60.7 Å². The highest BCUT2D eigenvalue weighted by molar-refractivity contribution is 7.99. The standard InChI is InChI=1S/C32H25N3S/c1-33-22-34(31-17-8-7-16-30(31)33)24-12-9-13-25(20-24)36-26-18-19-28-27-14-5-6-15-29(27)35(32(28)21-26)23-10-3-2-4-11-23/h2-21H,22H2,1H3. The van der Waals surface area contributed by atoms with Gasteiger partial charge in [-0.2, -0.15) is 0 Å². The molecule has 0 spiro atoms. The summed E-state index contributed by atoms with van der Waals surface area (Å²) in [4.78, 5) is 7.15. The Hall–Kier alpha value is -4.15. The van der Waals surface area contributed by atoms with Gasteiger partial charge in [-0.3, -0.25) is 0 Å². The van der Waals surface area contributed by atoms with Gasteiger partial charge in [0.1, 0.15) is 0 Å². The highest BCUT2D eigenvalue weighted by Crippen LogP contribution is 2.41. The first kappa shape index (κ1) is 21.2. The van der Waals surface area contributed by atoms with Crippen LogP contribution in [0.2, 0.25) is 0 Å². The molecule has 1 aromatic heterocycles. The first-order chi connectivity index (χ1) is 17.8. The zero-order valence-corrected chi connectivity index (χ0v) is 20.8. The molecule has 0 radical (unpaired) electrons. The lowest BCUT2D eigenvalue weighted by molar-refractivity contribution is 0.948. The zero-order chi connectivity index (χ0) is 24.1. The molecule has 0 unspecified atom stereocenters. The number of anilines is 3. The average molecular weight is 484 g/mol. The molecule has 4 heteroatoms. The summed E-state index contributed by atoms with van der Waals surface area (Å²) in [5.74, 6) is 0. The lowest BCUT2D eigenvalue weighted by Crippen LogP contribution is -2.23. The Morgan fingerprint density at radius 3 is 2.14 bits per heavy atom. The average Bonchev–Trinajstić information content (AvgIpc) is 3.44. The molecule has 0 aliphatic carbocycles. The largest absolute Gasteiger partial charge is 0.355 e. The van der Waals surface area contributed by atoms with Crippen LogP contribution in [0.3, 0.4) is 0 Å². The third kappa shape index (κ3) is 3.45. The molecule has 1 aliphatic rings. The van der Waals surface area contributed by atoms with E-state index in [0.717, 1.165) is 6.67 Å². The number of benzene rings is 5. The minimum Gasteiger partial charge on any atom is -0.355 e. The van der Waals surface area contributed by atoms with Crippen molar-refractivity contribution >= 4 is 50.6 Å². The van der Waals surface area contributed by atoms with Gasteiger partial charge < -0.3 is 14.4 Å². The summed E-state index contributed by atoms with van der Waals surface area (Å²) >= 11 is 1.82. The van der Waals surface area contributed by atoms with Crippen molar-refractivity contribution in [2.24, 2.45) is 0 Å². The Balaban J connectivity index is 1.29. The van der Waals surface area contributed by atoms with Gasteiger partial charge in [0.25, 0.3) is 0 Å². The van der Waals surface area contributed by atoms with E-state index in [4.69, 9.17) is 0 Å². The summed E-state index contributed by atoms with van der Waals surface area (Å²) in [5.41, 5.74) is 7.41. The predicted molar refractivity (Wildman–Crippen MR) is 153 cm³/mol. The van der Waals surface area contributed by atoms with Gasteiger partial charge >= 0.3 is 0 Å². The van der Waals surface area contributed by atoms with Crippen LogP contribution in [0, 0.1) is 0 Å². The van der Waals surface area contributed by atoms with Crippen molar-refractivity contribution in [2.75, 3.05) is 23.5 Å². The second kappa shape index (κ2) is 8.51. The molecule has 0 atom stereocenters. The summed E-state index contributed by atoms with van der Waals surface area (Å²) in [7, 11) is 2.15. The van der Waals surface area contributed by atoms with Crippen LogP contribution in [0.1, 0.15) is 0 Å². The number of aromatic nitrogens is 1. The lowest BCUT2D eigenvalue weighted by Gasteiger charge is -2.20. The number of rotatable bonds is 4. The van der Waals surface area contributed by atoms with Crippen molar-refractivity contribution in [1.82, 2.24) is 4.57 Å². The van der Waals surface area contributed by atoms with E-state index in [-0.39, 0.29) is 0 Å². The molecule has 3 nitrogen and oxygen atoms in total. The first-order valence-corrected chi connectivity index (χ1v) is 13.0. The van der Waals surface area contributed by atoms with Gasteiger partial charge in [-0.25, -0.2) is 0 Å². The fraction of sp³-hybridized carbons (Fsp3) is 0.0625. The maximum atomic E-state index is 2.38. The lowest BCUT2D eigenvalue weighted by atomic mass is 10.2. The minimum absolute atomic E-state index is 0.858. The normalized spacial score (nSPS) is 13.0. The molecule has 2 heterocycles. The molecule has 174 valence electrons. The molecular formula is C32H25N3S. The molecule has 0 fully saturated rings. The molecule has 0 saturated heterocycles. The van der Waals surface area contributed by atoms with E-state index in [2.05, 4.69) is 143 Å². The molecule has 6 aromatic rings. The molecule has 5 aromatic carbocycles. The Bertz CT molecular complexity index is 1720. The highest BCUT2D eigenvalue weighted by atomic mass is 32.2. The molecule has 0 amide bonds. The van der Waals surface area contributed by atoms with E-state index in [1.807, 2.05) is 11.8 Å². The monoisotopic (exact) mass is 483 g/mol. The Labute approximate surface area is 215 Å². The van der Waals surface area contributed by atoms with Crippen LogP contribution in [-0.2, 0) is 0 Å². The second-order valence-corrected chi connectivity index (χ2v) is 10.4. The summed E-state index contributed by atoms with van der Waals surface area (Å²) < 4.78 is 2.38. The van der Waals surface area contributed by atoms with Crippen LogP contribution >= 0.6 is 11.8 Å². The van der Waals surface area contributed by atoms with Gasteiger partial charge in [0.05, 0.1) is 29.1 Å². The smallest absolute Gasteiger partial charge is 0.0950 e. The minimum atomic E-state index is 0.858. The number of para-hydroxylation sites is 4. The zero-order valence-electron chi connectivity index (χ0n) is 20.0. The van der Waals surface area contributed by atoms with Crippen LogP contribution in [0.5, 0.6) is 0 Å². The summed E-state index contributed by atoms with van der Waals surface area (Å²) in [6, 6.07) is 43.7. The fourth-order valence-corrected chi connectivity index (χ4v) is 6.23. The quantitative estimate of drug-likeness (QED) is 0.249. The summed E-state index contributed by atoms with van der Waals surface area (Å²) in [5, 5.41) is 2.57. The van der Waals surface area contributed by atoms with E-state index in [1.165, 1.54) is 54.3 Å². The number of hydrogen-bond donors (Lipinski definition) is 0. The molecule has 7 rings (SSSR count). The van der Waals surface area contributed by atoms with E-state index in [1.54, 1.807) is 0 Å². The first-order valence-electron chi connectivity index (χ1n) is 12.2. The number of fused-ring (bicyclic) bond motifs is 4.